The van der Waals surface area contributed by atoms with E-state index in [9.17, 15) is 23.1 Å². The number of aryl methyl sites for hydroxylation is 1. The van der Waals surface area contributed by atoms with Crippen LogP contribution < -0.4 is 10.2 Å². The van der Waals surface area contributed by atoms with Crippen LogP contribution in [0.3, 0.4) is 0 Å². The number of benzene rings is 1. The van der Waals surface area contributed by atoms with E-state index in [4.69, 9.17) is 4.74 Å². The number of aliphatic hydroxyl groups is 1. The molecule has 2 atom stereocenters. The average molecular weight is 485 g/mol. The minimum atomic E-state index is -4.55. The monoisotopic (exact) mass is 485 g/mol. The molecular weight excluding hydrogens is 463 g/mol. The molecule has 1 aromatic carbocycles. The number of carbonyl (C=O) groups is 1. The lowest BCUT2D eigenvalue weighted by Gasteiger charge is -2.42. The molecule has 2 N–H and O–H groups in total. The lowest BCUT2D eigenvalue weighted by molar-refractivity contribution is -0.137. The van der Waals surface area contributed by atoms with E-state index in [0.717, 1.165) is 17.8 Å². The Bertz CT molecular complexity index is 1280. The van der Waals surface area contributed by atoms with E-state index in [0.29, 0.717) is 54.5 Å². The maximum Gasteiger partial charge on any atom is 0.416 e. The average Bonchev–Trinajstić information content (AvgIpc) is 2.84. The Morgan fingerprint density at radius 3 is 2.86 bits per heavy atom. The summed E-state index contributed by atoms with van der Waals surface area (Å²) in [6, 6.07) is 7.74. The van der Waals surface area contributed by atoms with Crippen molar-refractivity contribution in [3.63, 3.8) is 0 Å². The van der Waals surface area contributed by atoms with Gasteiger partial charge in [0.1, 0.15) is 11.8 Å². The van der Waals surface area contributed by atoms with Crippen molar-refractivity contribution in [3.8, 4) is 11.3 Å². The number of hydrogen-bond donors (Lipinski definition) is 2. The minimum absolute atomic E-state index is 0.0422. The molecule has 11 heteroatoms. The Labute approximate surface area is 198 Å². The van der Waals surface area contributed by atoms with Crippen LogP contribution in [0.4, 0.5) is 24.5 Å². The van der Waals surface area contributed by atoms with Crippen molar-refractivity contribution in [1.29, 1.82) is 0 Å². The van der Waals surface area contributed by atoms with Crippen LogP contribution in [-0.2, 0) is 10.9 Å². The zero-order chi connectivity index (χ0) is 24.7. The number of pyridine rings is 1. The molecule has 0 saturated carbocycles. The first-order chi connectivity index (χ1) is 16.7. The second-order valence-corrected chi connectivity index (χ2v) is 8.56. The number of ether oxygens (including phenoxy) is 1. The van der Waals surface area contributed by atoms with Crippen LogP contribution in [0.25, 0.3) is 11.3 Å². The maximum atomic E-state index is 13.0. The van der Waals surface area contributed by atoms with E-state index in [-0.39, 0.29) is 11.6 Å². The third kappa shape index (κ3) is 4.56. The van der Waals surface area contributed by atoms with Crippen LogP contribution >= 0.6 is 0 Å². The number of alkyl halides is 3. The Morgan fingerprint density at radius 2 is 2.06 bits per heavy atom. The molecule has 2 aliphatic rings. The number of amides is 1. The predicted octanol–water partition coefficient (Wildman–Crippen LogP) is 3.76. The molecule has 1 fully saturated rings. The molecule has 35 heavy (non-hydrogen) atoms. The van der Waals surface area contributed by atoms with Crippen LogP contribution in [0.15, 0.2) is 42.6 Å². The standard InChI is InChI=1S/C24H22F3N5O3/c1-13-18(19-10-20-22(31-30-19)21(33)9-17-12-35-6-5-32(17)20)8-16(11-28-13)29-23(34)14-3-2-4-15(7-14)24(25,26)27/h2-4,7-8,10-11,17,21,33H,5-6,9,12H2,1H3,(H,29,34)/t17-,21-/m1/s1. The summed E-state index contributed by atoms with van der Waals surface area (Å²) in [5.41, 5.74) is 2.30. The van der Waals surface area contributed by atoms with Crippen molar-refractivity contribution in [2.45, 2.75) is 31.7 Å². The maximum absolute atomic E-state index is 13.0. The van der Waals surface area contributed by atoms with Gasteiger partial charge in [-0.15, -0.1) is 5.10 Å². The number of aliphatic hydroxyl groups excluding tert-OH is 1. The SMILES string of the molecule is Cc1ncc(NC(=O)c2cccc(C(F)(F)F)c2)cc1-c1cc2c(nn1)[C@H](O)C[C@@H]1COCCN21. The number of rotatable bonds is 3. The fourth-order valence-electron chi connectivity index (χ4n) is 4.43. The fourth-order valence-corrected chi connectivity index (χ4v) is 4.43. The Morgan fingerprint density at radius 1 is 1.23 bits per heavy atom. The van der Waals surface area contributed by atoms with Gasteiger partial charge in [-0.25, -0.2) is 0 Å². The molecule has 5 rings (SSSR count). The highest BCUT2D eigenvalue weighted by Crippen LogP contribution is 2.38. The van der Waals surface area contributed by atoms with Gasteiger partial charge in [-0.1, -0.05) is 6.07 Å². The van der Waals surface area contributed by atoms with E-state index in [1.54, 1.807) is 13.0 Å². The Hall–Kier alpha value is -3.57. The van der Waals surface area contributed by atoms with Gasteiger partial charge >= 0.3 is 6.18 Å². The van der Waals surface area contributed by atoms with Crippen LogP contribution in [-0.4, -0.2) is 52.0 Å². The summed E-state index contributed by atoms with van der Waals surface area (Å²) in [6.45, 7) is 3.54. The largest absolute Gasteiger partial charge is 0.416 e. The first-order valence-corrected chi connectivity index (χ1v) is 11.1. The number of aromatic nitrogens is 3. The molecule has 1 amide bonds. The highest BCUT2D eigenvalue weighted by molar-refractivity contribution is 6.04. The van der Waals surface area contributed by atoms with Gasteiger partial charge in [0.25, 0.3) is 5.91 Å². The first-order valence-electron chi connectivity index (χ1n) is 11.1. The number of nitrogens with one attached hydrogen (secondary N) is 1. The number of halogens is 3. The smallest absolute Gasteiger partial charge is 0.387 e. The quantitative estimate of drug-likeness (QED) is 0.583. The normalized spacial score (nSPS) is 19.6. The van der Waals surface area contributed by atoms with Crippen molar-refractivity contribution >= 4 is 17.3 Å². The second-order valence-electron chi connectivity index (χ2n) is 8.56. The van der Waals surface area contributed by atoms with Gasteiger partial charge < -0.3 is 20.1 Å². The molecule has 4 heterocycles. The number of anilines is 2. The minimum Gasteiger partial charge on any atom is -0.387 e. The Balaban J connectivity index is 1.44. The molecule has 0 radical (unpaired) electrons. The Kier molecular flexibility index (Phi) is 5.89. The summed E-state index contributed by atoms with van der Waals surface area (Å²) >= 11 is 0. The fraction of sp³-hybridized carbons (Fsp3) is 0.333. The number of nitrogens with zero attached hydrogens (tertiary/aromatic N) is 4. The summed E-state index contributed by atoms with van der Waals surface area (Å²) < 4.78 is 44.6. The van der Waals surface area contributed by atoms with Gasteiger partial charge in [-0.05, 0) is 37.3 Å². The first kappa shape index (κ1) is 23.2. The number of carbonyl (C=O) groups excluding carboxylic acids is 1. The van der Waals surface area contributed by atoms with E-state index in [2.05, 4.69) is 25.4 Å². The molecule has 2 aromatic heterocycles. The van der Waals surface area contributed by atoms with Crippen molar-refractivity contribution in [2.24, 2.45) is 0 Å². The lowest BCUT2D eigenvalue weighted by Crippen LogP contribution is -2.49. The molecule has 1 saturated heterocycles. The second kappa shape index (κ2) is 8.90. The van der Waals surface area contributed by atoms with Crippen molar-refractivity contribution < 1.29 is 27.8 Å². The molecule has 8 nitrogen and oxygen atoms in total. The van der Waals surface area contributed by atoms with Crippen molar-refractivity contribution in [3.05, 3.63) is 65.1 Å². The van der Waals surface area contributed by atoms with Crippen LogP contribution in [0.1, 0.15) is 39.8 Å². The van der Waals surface area contributed by atoms with E-state index in [1.165, 1.54) is 18.3 Å². The molecule has 182 valence electrons. The van der Waals surface area contributed by atoms with E-state index >= 15 is 0 Å². The zero-order valence-corrected chi connectivity index (χ0v) is 18.7. The summed E-state index contributed by atoms with van der Waals surface area (Å²) in [4.78, 5) is 19.1. The molecule has 0 bridgehead atoms. The van der Waals surface area contributed by atoms with E-state index in [1.807, 2.05) is 6.07 Å². The van der Waals surface area contributed by atoms with Gasteiger partial charge in [-0.3, -0.25) is 9.78 Å². The molecule has 0 spiro atoms. The number of hydrogen-bond acceptors (Lipinski definition) is 7. The molecule has 3 aromatic rings. The highest BCUT2D eigenvalue weighted by Gasteiger charge is 2.35. The molecule has 0 aliphatic carbocycles. The van der Waals surface area contributed by atoms with Gasteiger partial charge in [-0.2, -0.15) is 18.3 Å². The van der Waals surface area contributed by atoms with Crippen LogP contribution in [0.5, 0.6) is 0 Å². The summed E-state index contributed by atoms with van der Waals surface area (Å²) in [7, 11) is 0. The molecular formula is C24H22F3N5O3. The zero-order valence-electron chi connectivity index (χ0n) is 18.7. The third-order valence-corrected chi connectivity index (χ3v) is 6.22. The highest BCUT2D eigenvalue weighted by atomic mass is 19.4. The summed E-state index contributed by atoms with van der Waals surface area (Å²) in [6.07, 6.45) is -3.35. The van der Waals surface area contributed by atoms with Crippen molar-refractivity contribution in [2.75, 3.05) is 30.0 Å². The topological polar surface area (TPSA) is 100 Å². The predicted molar refractivity (Wildman–Crippen MR) is 121 cm³/mol. The van der Waals surface area contributed by atoms with Gasteiger partial charge in [0.05, 0.1) is 48.1 Å². The molecule has 2 aliphatic heterocycles. The summed E-state index contributed by atoms with van der Waals surface area (Å²) in [5, 5.41) is 21.7. The van der Waals surface area contributed by atoms with Crippen molar-refractivity contribution in [1.82, 2.24) is 15.2 Å². The number of morpholine rings is 1. The van der Waals surface area contributed by atoms with Gasteiger partial charge in [0, 0.05) is 29.8 Å². The summed E-state index contributed by atoms with van der Waals surface area (Å²) in [5.74, 6) is -0.691. The van der Waals surface area contributed by atoms with E-state index < -0.39 is 23.8 Å². The van der Waals surface area contributed by atoms with Gasteiger partial charge in [0.15, 0.2) is 0 Å². The van der Waals surface area contributed by atoms with Gasteiger partial charge in [0.2, 0.25) is 0 Å². The third-order valence-electron chi connectivity index (χ3n) is 6.22. The lowest BCUT2D eigenvalue weighted by atomic mass is 9.96. The molecule has 0 unspecified atom stereocenters. The number of fused-ring (bicyclic) bond motifs is 3. The van der Waals surface area contributed by atoms with Crippen LogP contribution in [0, 0.1) is 6.92 Å². The van der Waals surface area contributed by atoms with Crippen LogP contribution in [0.2, 0.25) is 0 Å².